The smallest absolute Gasteiger partial charge is 0.334 e. The lowest BCUT2D eigenvalue weighted by molar-refractivity contribution is -0.164. The van der Waals surface area contributed by atoms with Crippen molar-refractivity contribution in [1.82, 2.24) is 0 Å². The molecule has 0 aromatic heterocycles. The van der Waals surface area contributed by atoms with Crippen LogP contribution in [0.1, 0.15) is 73.1 Å². The molecular weight excluding hydrogens is 476 g/mol. The van der Waals surface area contributed by atoms with E-state index in [1.54, 1.807) is 13.0 Å². The van der Waals surface area contributed by atoms with Gasteiger partial charge in [0.1, 0.15) is 23.6 Å². The fourth-order valence-corrected chi connectivity index (χ4v) is 9.08. The minimum Gasteiger partial charge on any atom is -0.456 e. The number of rotatable bonds is 3. The topological polar surface area (TPSA) is 119 Å². The van der Waals surface area contributed by atoms with Crippen LogP contribution in [0.3, 0.4) is 0 Å². The van der Waals surface area contributed by atoms with E-state index in [0.29, 0.717) is 24.8 Å². The molecule has 10 atom stereocenters. The molecule has 0 aromatic carbocycles. The first-order chi connectivity index (χ1) is 17.2. The highest BCUT2D eigenvalue weighted by Crippen LogP contribution is 2.65. The number of cyclic esters (lactones) is 1. The van der Waals surface area contributed by atoms with Crippen LogP contribution in [-0.2, 0) is 28.6 Å². The third kappa shape index (κ3) is 3.27. The van der Waals surface area contributed by atoms with Crippen LogP contribution in [0.4, 0.5) is 0 Å². The Balaban J connectivity index is 1.34. The van der Waals surface area contributed by atoms with Crippen molar-refractivity contribution in [2.24, 2.45) is 29.1 Å². The molecule has 0 radical (unpaired) electrons. The molecular formula is C29H38O8. The zero-order valence-corrected chi connectivity index (χ0v) is 22.3. The van der Waals surface area contributed by atoms with Crippen LogP contribution in [0.15, 0.2) is 23.3 Å². The van der Waals surface area contributed by atoms with Crippen LogP contribution < -0.4 is 0 Å². The fourth-order valence-electron chi connectivity index (χ4n) is 9.08. The first-order valence-corrected chi connectivity index (χ1v) is 13.7. The molecule has 0 aromatic rings. The Kier molecular flexibility index (Phi) is 5.30. The predicted octanol–water partition coefficient (Wildman–Crippen LogP) is 2.79. The van der Waals surface area contributed by atoms with Gasteiger partial charge in [0.15, 0.2) is 0 Å². The SMILES string of the molecule is CC1=C[C@H]([C@H](O)[C@H](C)[C@H]2CC(=O)[C@@]3(C)C2=CC[C@]2(O)C[C@]45OC(=O)C[C@H]4OC(C)(C)[C@@H]5CC[C@H]23)OC1=O. The number of carbonyl (C=O) groups excluding carboxylic acids is 3. The average molecular weight is 515 g/mol. The lowest BCUT2D eigenvalue weighted by Gasteiger charge is -2.50. The number of ether oxygens (including phenoxy) is 3. The van der Waals surface area contributed by atoms with Gasteiger partial charge in [0.25, 0.3) is 0 Å². The summed E-state index contributed by atoms with van der Waals surface area (Å²) in [6.45, 7) is 9.58. The molecule has 3 heterocycles. The van der Waals surface area contributed by atoms with Crippen molar-refractivity contribution in [2.45, 2.75) is 108 Å². The molecule has 4 fully saturated rings. The molecule has 2 N–H and O–H groups in total. The zero-order valence-electron chi connectivity index (χ0n) is 22.3. The lowest BCUT2D eigenvalue weighted by atomic mass is 9.57. The molecule has 1 spiro atoms. The van der Waals surface area contributed by atoms with Gasteiger partial charge >= 0.3 is 11.9 Å². The predicted molar refractivity (Wildman–Crippen MR) is 131 cm³/mol. The molecule has 8 heteroatoms. The number of allylic oxidation sites excluding steroid dienone is 1. The van der Waals surface area contributed by atoms with Gasteiger partial charge < -0.3 is 24.4 Å². The molecule has 6 rings (SSSR count). The van der Waals surface area contributed by atoms with Gasteiger partial charge in [0, 0.05) is 30.3 Å². The molecule has 0 bridgehead atoms. The summed E-state index contributed by atoms with van der Waals surface area (Å²) < 4.78 is 17.7. The van der Waals surface area contributed by atoms with E-state index in [4.69, 9.17) is 14.2 Å². The number of fused-ring (bicyclic) bond motifs is 3. The average Bonchev–Trinajstić information content (AvgIpc) is 3.40. The standard InChI is InChI=1S/C29H38O8/c1-14-10-18(35-25(14)33)24(32)15(2)16-11-21(30)27(5)17(16)8-9-28(34)13-29-19(6-7-20(27)28)26(3,4)36-22(29)12-23(31)37-29/h8,10,15-16,18-20,22,24,32,34H,6-7,9,11-13H2,1-5H3/t15-,16-,18-,19+,20+,22-,24-,27+,28+,29-/m1/s1. The molecule has 3 aliphatic carbocycles. The van der Waals surface area contributed by atoms with Crippen molar-refractivity contribution in [1.29, 1.82) is 0 Å². The number of esters is 2. The highest BCUT2D eigenvalue weighted by atomic mass is 16.6. The maximum atomic E-state index is 13.8. The Morgan fingerprint density at radius 3 is 2.46 bits per heavy atom. The van der Waals surface area contributed by atoms with Gasteiger partial charge in [-0.25, -0.2) is 4.79 Å². The third-order valence-corrected chi connectivity index (χ3v) is 10.9. The van der Waals surface area contributed by atoms with Gasteiger partial charge in [-0.2, -0.15) is 0 Å². The van der Waals surface area contributed by atoms with Crippen LogP contribution >= 0.6 is 0 Å². The molecule has 2 saturated carbocycles. The Hall–Kier alpha value is -2.03. The second-order valence-corrected chi connectivity index (χ2v) is 13.2. The monoisotopic (exact) mass is 514 g/mol. The largest absolute Gasteiger partial charge is 0.456 e. The summed E-state index contributed by atoms with van der Waals surface area (Å²) in [7, 11) is 0. The number of hydrogen-bond donors (Lipinski definition) is 2. The second kappa shape index (κ2) is 7.76. The summed E-state index contributed by atoms with van der Waals surface area (Å²) in [4.78, 5) is 38.1. The van der Waals surface area contributed by atoms with Gasteiger partial charge in [0.05, 0.1) is 29.1 Å². The van der Waals surface area contributed by atoms with Gasteiger partial charge in [0.2, 0.25) is 0 Å². The zero-order chi connectivity index (χ0) is 26.7. The van der Waals surface area contributed by atoms with Gasteiger partial charge in [-0.05, 0) is 64.9 Å². The summed E-state index contributed by atoms with van der Waals surface area (Å²) in [6, 6.07) is 0. The number of aliphatic hydroxyl groups is 2. The minimum atomic E-state index is -1.22. The maximum Gasteiger partial charge on any atom is 0.334 e. The van der Waals surface area contributed by atoms with Crippen LogP contribution in [0.25, 0.3) is 0 Å². The molecule has 6 aliphatic rings. The second-order valence-electron chi connectivity index (χ2n) is 13.2. The third-order valence-electron chi connectivity index (χ3n) is 10.9. The summed E-state index contributed by atoms with van der Waals surface area (Å²) in [5.41, 5.74) is -2.02. The van der Waals surface area contributed by atoms with Gasteiger partial charge in [-0.3, -0.25) is 9.59 Å². The first-order valence-electron chi connectivity index (χ1n) is 13.7. The van der Waals surface area contributed by atoms with E-state index in [-0.39, 0.29) is 54.7 Å². The Morgan fingerprint density at radius 2 is 1.78 bits per heavy atom. The van der Waals surface area contributed by atoms with Crippen molar-refractivity contribution < 1.29 is 38.8 Å². The van der Waals surface area contributed by atoms with Crippen molar-refractivity contribution in [2.75, 3.05) is 0 Å². The van der Waals surface area contributed by atoms with E-state index in [9.17, 15) is 24.6 Å². The van der Waals surface area contributed by atoms with Crippen LogP contribution in [0, 0.1) is 29.1 Å². The normalized spacial score (nSPS) is 47.5. The van der Waals surface area contributed by atoms with E-state index in [1.165, 1.54) is 0 Å². The summed E-state index contributed by atoms with van der Waals surface area (Å²) in [6.07, 6.45) is 3.97. The van der Waals surface area contributed by atoms with Crippen molar-refractivity contribution in [3.8, 4) is 0 Å². The number of aliphatic hydroxyl groups excluding tert-OH is 1. The van der Waals surface area contributed by atoms with E-state index in [0.717, 1.165) is 5.57 Å². The molecule has 202 valence electrons. The summed E-state index contributed by atoms with van der Waals surface area (Å²) in [5, 5.41) is 23.4. The van der Waals surface area contributed by atoms with Gasteiger partial charge in [-0.15, -0.1) is 0 Å². The van der Waals surface area contributed by atoms with Crippen molar-refractivity contribution in [3.05, 3.63) is 23.3 Å². The molecule has 3 aliphatic heterocycles. The van der Waals surface area contributed by atoms with Gasteiger partial charge in [-0.1, -0.05) is 18.6 Å². The van der Waals surface area contributed by atoms with Crippen molar-refractivity contribution >= 4 is 17.7 Å². The minimum absolute atomic E-state index is 0.0705. The Morgan fingerprint density at radius 1 is 1.08 bits per heavy atom. The number of hydrogen-bond acceptors (Lipinski definition) is 8. The maximum absolute atomic E-state index is 13.8. The fraction of sp³-hybridized carbons (Fsp3) is 0.759. The number of ketones is 1. The molecule has 0 amide bonds. The van der Waals surface area contributed by atoms with Crippen LogP contribution in [0.5, 0.6) is 0 Å². The van der Waals surface area contributed by atoms with E-state index in [2.05, 4.69) is 0 Å². The summed E-state index contributed by atoms with van der Waals surface area (Å²) >= 11 is 0. The van der Waals surface area contributed by atoms with E-state index in [1.807, 2.05) is 33.8 Å². The highest BCUT2D eigenvalue weighted by molar-refractivity contribution is 5.92. The van der Waals surface area contributed by atoms with E-state index >= 15 is 0 Å². The highest BCUT2D eigenvalue weighted by Gasteiger charge is 2.72. The Bertz CT molecular complexity index is 1140. The quantitative estimate of drug-likeness (QED) is 0.436. The van der Waals surface area contributed by atoms with Crippen molar-refractivity contribution in [3.63, 3.8) is 0 Å². The molecule has 2 saturated heterocycles. The lowest BCUT2D eigenvalue weighted by Crippen LogP contribution is -2.55. The first kappa shape index (κ1) is 25.3. The molecule has 8 nitrogen and oxygen atoms in total. The number of carbonyl (C=O) groups is 3. The Labute approximate surface area is 217 Å². The van der Waals surface area contributed by atoms with Crippen LogP contribution in [0.2, 0.25) is 0 Å². The molecule has 37 heavy (non-hydrogen) atoms. The van der Waals surface area contributed by atoms with E-state index < -0.39 is 46.5 Å². The number of Topliss-reactive ketones (excluding diaryl/α,β-unsaturated/α-hetero) is 1. The van der Waals surface area contributed by atoms with Crippen LogP contribution in [-0.4, -0.2) is 63.0 Å². The summed E-state index contributed by atoms with van der Waals surface area (Å²) in [5.74, 6) is -1.57. The molecule has 0 unspecified atom stereocenters.